The lowest BCUT2D eigenvalue weighted by Crippen LogP contribution is -2.22. The summed E-state index contributed by atoms with van der Waals surface area (Å²) in [6.07, 6.45) is 4.43. The fraction of sp³-hybridized carbons (Fsp3) is 0.143. The average Bonchev–Trinajstić information content (AvgIpc) is 1.85. The monoisotopic (exact) mass is 126 g/mol. The smallest absolute Gasteiger partial charge is 0.228 e. The molecule has 0 heterocycles. The second kappa shape index (κ2) is 5.09. The lowest BCUT2D eigenvalue weighted by atomic mass is 10.6. The molecule has 0 spiro atoms. The molecule has 0 rings (SSSR count). The molecule has 1 amide bonds. The second-order valence-electron chi connectivity index (χ2n) is 1.44. The van der Waals surface area contributed by atoms with Crippen LogP contribution in [0.1, 0.15) is 0 Å². The highest BCUT2D eigenvalue weighted by atomic mass is 16.3. The maximum Gasteiger partial charge on any atom is 0.228 e. The molecule has 0 aliphatic heterocycles. The van der Waals surface area contributed by atoms with Crippen LogP contribution in [0.3, 0.4) is 0 Å². The Balaban J connectivity index is 3.26. The first-order chi connectivity index (χ1) is 4.31. The minimum Gasteiger partial charge on any atom is -0.352 e. The third kappa shape index (κ3) is 4.81. The van der Waals surface area contributed by atoms with Crippen molar-refractivity contribution in [2.75, 3.05) is 6.54 Å². The van der Waals surface area contributed by atoms with E-state index in [0.717, 1.165) is 0 Å². The molecule has 0 unspecified atom stereocenters. The van der Waals surface area contributed by atoms with Crippen LogP contribution < -0.4 is 5.32 Å². The van der Waals surface area contributed by atoms with Gasteiger partial charge in [-0.15, -0.1) is 13.2 Å². The van der Waals surface area contributed by atoms with Gasteiger partial charge < -0.3 is 5.32 Å². The summed E-state index contributed by atoms with van der Waals surface area (Å²) in [5.74, 6) is -0.134. The number of hydrogen-bond acceptors (Lipinski definition) is 1. The largest absolute Gasteiger partial charge is 0.352 e. The van der Waals surface area contributed by atoms with Crippen LogP contribution >= 0.6 is 0 Å². The molecule has 0 aliphatic carbocycles. The van der Waals surface area contributed by atoms with Gasteiger partial charge in [0.1, 0.15) is 0 Å². The first-order valence-electron chi connectivity index (χ1n) is 2.65. The summed E-state index contributed by atoms with van der Waals surface area (Å²) in [6.45, 7) is 7.31. The van der Waals surface area contributed by atoms with Gasteiger partial charge in [0, 0.05) is 6.54 Å². The van der Waals surface area contributed by atoms with Crippen molar-refractivity contribution in [2.45, 2.75) is 0 Å². The van der Waals surface area contributed by atoms with Gasteiger partial charge in [0.25, 0.3) is 0 Å². The fourth-order valence-corrected chi connectivity index (χ4v) is 0.339. The van der Waals surface area contributed by atoms with Crippen LogP contribution in [0.25, 0.3) is 0 Å². The van der Waals surface area contributed by atoms with Gasteiger partial charge in [0.2, 0.25) is 5.91 Å². The van der Waals surface area contributed by atoms with Crippen molar-refractivity contribution in [1.29, 1.82) is 0 Å². The summed E-state index contributed by atoms with van der Waals surface area (Å²) in [4.78, 5) is 10.5. The molecule has 9 heavy (non-hydrogen) atoms. The van der Waals surface area contributed by atoms with Crippen molar-refractivity contribution in [3.8, 4) is 0 Å². The Morgan fingerprint density at radius 2 is 2.22 bits per heavy atom. The highest BCUT2D eigenvalue weighted by Crippen LogP contribution is 1.75. The van der Waals surface area contributed by atoms with Gasteiger partial charge in [0.05, 0.1) is 6.42 Å². The van der Waals surface area contributed by atoms with Crippen LogP contribution in [0.4, 0.5) is 0 Å². The zero-order valence-corrected chi connectivity index (χ0v) is 5.26. The zero-order valence-electron chi connectivity index (χ0n) is 5.26. The van der Waals surface area contributed by atoms with E-state index in [1.807, 2.05) is 0 Å². The van der Waals surface area contributed by atoms with Crippen molar-refractivity contribution >= 4 is 5.91 Å². The van der Waals surface area contributed by atoms with Crippen LogP contribution in [0.2, 0.25) is 0 Å². The van der Waals surface area contributed by atoms with Crippen LogP contribution in [0.5, 0.6) is 0 Å². The molecule has 1 radical (unpaired) electrons. The number of rotatable bonds is 4. The predicted molar refractivity (Wildman–Crippen MR) is 37.7 cm³/mol. The quantitative estimate of drug-likeness (QED) is 0.551. The van der Waals surface area contributed by atoms with Gasteiger partial charge in [-0.1, -0.05) is 12.2 Å². The number of carbonyl (C=O) groups excluding carboxylic acids is 1. The number of nitrogens with one attached hydrogen (secondary N) is 1. The van der Waals surface area contributed by atoms with Gasteiger partial charge in [-0.05, 0) is 0 Å². The van der Waals surface area contributed by atoms with Crippen molar-refractivity contribution in [3.05, 3.63) is 31.7 Å². The molecule has 2 heteroatoms. The Labute approximate surface area is 55.3 Å². The highest BCUT2D eigenvalue weighted by Gasteiger charge is 1.92. The summed E-state index contributed by atoms with van der Waals surface area (Å²) < 4.78 is 0. The van der Waals surface area contributed by atoms with E-state index in [2.05, 4.69) is 18.5 Å². The Morgan fingerprint density at radius 3 is 2.67 bits per heavy atom. The van der Waals surface area contributed by atoms with Crippen LogP contribution in [0, 0.1) is 6.42 Å². The number of amides is 1. The molecular formula is C7H10NO. The third-order valence-electron chi connectivity index (χ3n) is 0.690. The Hall–Kier alpha value is -1.05. The Bertz CT molecular complexity index is 118. The SMILES string of the molecule is C=C[CH][14C](=O)NCC=C. The first kappa shape index (κ1) is 7.95. The van der Waals surface area contributed by atoms with E-state index in [9.17, 15) is 4.79 Å². The second-order valence-corrected chi connectivity index (χ2v) is 1.44. The first-order valence-corrected chi connectivity index (χ1v) is 2.65. The van der Waals surface area contributed by atoms with E-state index in [-0.39, 0.29) is 5.91 Å². The minimum absolute atomic E-state index is 0.134. The zero-order chi connectivity index (χ0) is 7.11. The van der Waals surface area contributed by atoms with Crippen molar-refractivity contribution < 1.29 is 4.79 Å². The molecule has 1 N–H and O–H groups in total. The third-order valence-corrected chi connectivity index (χ3v) is 0.690. The fourth-order valence-electron chi connectivity index (χ4n) is 0.339. The van der Waals surface area contributed by atoms with E-state index in [4.69, 9.17) is 0 Å². The predicted octanol–water partition coefficient (Wildman–Crippen LogP) is 0.679. The van der Waals surface area contributed by atoms with E-state index in [1.165, 1.54) is 12.5 Å². The standard InChI is InChI=1S/C7H10NO/c1-3-5-7(9)8-6-4-2/h3-5H,1-2,6H2,(H,8,9)/i7+2. The highest BCUT2D eigenvalue weighted by molar-refractivity contribution is 5.86. The molecule has 0 bridgehead atoms. The van der Waals surface area contributed by atoms with Gasteiger partial charge in [-0.25, -0.2) is 0 Å². The van der Waals surface area contributed by atoms with Gasteiger partial charge in [-0.3, -0.25) is 4.79 Å². The summed E-state index contributed by atoms with van der Waals surface area (Å²) in [7, 11) is 0. The lowest BCUT2D eigenvalue weighted by molar-refractivity contribution is -0.117. The lowest BCUT2D eigenvalue weighted by Gasteiger charge is -1.95. The number of carbonyl (C=O) groups is 1. The van der Waals surface area contributed by atoms with E-state index in [1.54, 1.807) is 6.08 Å². The Morgan fingerprint density at radius 1 is 1.56 bits per heavy atom. The van der Waals surface area contributed by atoms with Crippen LogP contribution in [-0.4, -0.2) is 12.5 Å². The normalized spacial score (nSPS) is 8.00. The molecular weight excluding hydrogens is 116 g/mol. The number of hydrogen-bond donors (Lipinski definition) is 1. The van der Waals surface area contributed by atoms with E-state index < -0.39 is 0 Å². The molecule has 0 aromatic heterocycles. The topological polar surface area (TPSA) is 29.1 Å². The van der Waals surface area contributed by atoms with Crippen LogP contribution in [0.15, 0.2) is 25.3 Å². The minimum atomic E-state index is -0.134. The maximum absolute atomic E-state index is 10.5. The molecule has 2 nitrogen and oxygen atoms in total. The molecule has 49 valence electrons. The summed E-state index contributed by atoms with van der Waals surface area (Å²) in [5, 5.41) is 2.55. The van der Waals surface area contributed by atoms with Gasteiger partial charge >= 0.3 is 0 Å². The Kier molecular flexibility index (Phi) is 4.50. The van der Waals surface area contributed by atoms with E-state index in [0.29, 0.717) is 6.54 Å². The summed E-state index contributed by atoms with van der Waals surface area (Å²) in [5.41, 5.74) is 0. The molecule has 0 aromatic carbocycles. The van der Waals surface area contributed by atoms with Gasteiger partial charge in [0.15, 0.2) is 0 Å². The molecule has 0 aromatic rings. The van der Waals surface area contributed by atoms with Crippen molar-refractivity contribution in [1.82, 2.24) is 5.32 Å². The molecule has 0 saturated heterocycles. The van der Waals surface area contributed by atoms with E-state index >= 15 is 0 Å². The molecule has 0 fully saturated rings. The average molecular weight is 126 g/mol. The maximum atomic E-state index is 10.5. The molecule has 0 atom stereocenters. The van der Waals surface area contributed by atoms with Crippen molar-refractivity contribution in [2.24, 2.45) is 0 Å². The summed E-state index contributed by atoms with van der Waals surface area (Å²) in [6, 6.07) is 0. The summed E-state index contributed by atoms with van der Waals surface area (Å²) >= 11 is 0. The molecule has 0 aliphatic rings. The van der Waals surface area contributed by atoms with Crippen LogP contribution in [-0.2, 0) is 4.79 Å². The molecule has 0 saturated carbocycles. The van der Waals surface area contributed by atoms with Gasteiger partial charge in [-0.2, -0.15) is 0 Å². The van der Waals surface area contributed by atoms with Crippen molar-refractivity contribution in [3.63, 3.8) is 0 Å².